The molecule has 12 heavy (non-hydrogen) atoms. The summed E-state index contributed by atoms with van der Waals surface area (Å²) in [5.41, 5.74) is 0. The molecule has 1 aromatic heterocycles. The van der Waals surface area contributed by atoms with Gasteiger partial charge in [-0.25, -0.2) is 0 Å². The second-order valence-electron chi connectivity index (χ2n) is 1.97. The number of halogens is 1. The van der Waals surface area contributed by atoms with E-state index in [2.05, 4.69) is 5.92 Å². The van der Waals surface area contributed by atoms with Gasteiger partial charge in [0, 0.05) is 15.9 Å². The third-order valence-corrected chi connectivity index (χ3v) is 1.66. The molecule has 0 aromatic carbocycles. The molecule has 0 radical (unpaired) electrons. The van der Waals surface area contributed by atoms with Crippen LogP contribution in [0.25, 0.3) is 0 Å². The monoisotopic (exact) mass is 204 g/mol. The van der Waals surface area contributed by atoms with E-state index in [1.165, 1.54) is 6.26 Å². The Hall–Kier alpha value is -0.920. The summed E-state index contributed by atoms with van der Waals surface area (Å²) in [7, 11) is 1.13. The molecule has 0 aliphatic heterocycles. The minimum Gasteiger partial charge on any atom is -0.468 e. The minimum atomic E-state index is -3.71. The molecule has 0 amide bonds. The first-order valence-electron chi connectivity index (χ1n) is 3.04. The van der Waals surface area contributed by atoms with Gasteiger partial charge in [-0.2, -0.15) is 8.42 Å². The van der Waals surface area contributed by atoms with Gasteiger partial charge < -0.3 is 4.42 Å². The molecule has 0 aliphatic carbocycles. The van der Waals surface area contributed by atoms with Gasteiger partial charge in [0.25, 0.3) is 0 Å². The lowest BCUT2D eigenvalue weighted by Gasteiger charge is -1.81. The number of furan rings is 1. The summed E-state index contributed by atoms with van der Waals surface area (Å²) in [6, 6.07) is 3.40. The fourth-order valence-electron chi connectivity index (χ4n) is 0.623. The molecule has 0 unspecified atom stereocenters. The van der Waals surface area contributed by atoms with Crippen LogP contribution in [0.3, 0.4) is 0 Å². The second-order valence-corrected chi connectivity index (χ2v) is 4.27. The molecule has 1 aromatic rings. The summed E-state index contributed by atoms with van der Waals surface area (Å²) in [5.74, 6) is 2.98. The highest BCUT2D eigenvalue weighted by Crippen LogP contribution is 2.00. The third kappa shape index (κ3) is 3.46. The topological polar surface area (TPSA) is 47.3 Å². The highest BCUT2D eigenvalue weighted by atomic mass is 35.7. The molecule has 0 atom stereocenters. The quantitative estimate of drug-likeness (QED) is 0.513. The molecule has 0 spiro atoms. The highest BCUT2D eigenvalue weighted by Gasteiger charge is 1.95. The zero-order chi connectivity index (χ0) is 9.03. The predicted octanol–water partition coefficient (Wildman–Crippen LogP) is 1.35. The summed E-state index contributed by atoms with van der Waals surface area (Å²) in [6.45, 7) is 0. The van der Waals surface area contributed by atoms with Crippen LogP contribution in [0.4, 0.5) is 0 Å². The van der Waals surface area contributed by atoms with Crippen LogP contribution >= 0.6 is 10.7 Å². The Bertz CT molecular complexity index is 394. The van der Waals surface area contributed by atoms with Gasteiger partial charge in [0.2, 0.25) is 0 Å². The Kier molecular flexibility index (Phi) is 2.79. The third-order valence-electron chi connectivity index (χ3n) is 1.04. The fraction of sp³-hybridized carbons (Fsp3) is 0.143. The average Bonchev–Trinajstić information content (AvgIpc) is 2.36. The lowest BCUT2D eigenvalue weighted by atomic mass is 10.3. The van der Waals surface area contributed by atoms with E-state index in [4.69, 9.17) is 15.1 Å². The lowest BCUT2D eigenvalue weighted by molar-refractivity contribution is 0.525. The Morgan fingerprint density at radius 1 is 1.58 bits per heavy atom. The van der Waals surface area contributed by atoms with Crippen LogP contribution in [0.1, 0.15) is 5.76 Å². The van der Waals surface area contributed by atoms with E-state index in [0.717, 1.165) is 0 Å². The zero-order valence-corrected chi connectivity index (χ0v) is 7.52. The van der Waals surface area contributed by atoms with Crippen LogP contribution in [-0.4, -0.2) is 8.42 Å². The predicted molar refractivity (Wildman–Crippen MR) is 45.0 cm³/mol. The van der Waals surface area contributed by atoms with Crippen LogP contribution in [0, 0.1) is 11.2 Å². The van der Waals surface area contributed by atoms with Crippen molar-refractivity contribution < 1.29 is 12.8 Å². The standard InChI is InChI=1S/C7H5ClO3S/c8-12(9,10)6-2-4-7-3-1-5-11-7/h1,3,5H,4H2. The van der Waals surface area contributed by atoms with Gasteiger partial charge in [0.15, 0.2) is 0 Å². The molecule has 0 N–H and O–H groups in total. The molecule has 64 valence electrons. The van der Waals surface area contributed by atoms with Gasteiger partial charge in [-0.1, -0.05) is 5.92 Å². The molecule has 1 heterocycles. The smallest absolute Gasteiger partial charge is 0.300 e. The zero-order valence-electron chi connectivity index (χ0n) is 5.95. The van der Waals surface area contributed by atoms with Gasteiger partial charge in [-0.15, -0.1) is 0 Å². The first-order valence-corrected chi connectivity index (χ1v) is 5.35. The Morgan fingerprint density at radius 3 is 2.83 bits per heavy atom. The SMILES string of the molecule is O=S(=O)(Cl)C#CCc1ccco1. The summed E-state index contributed by atoms with van der Waals surface area (Å²) in [6.07, 6.45) is 1.74. The highest BCUT2D eigenvalue weighted by molar-refractivity contribution is 8.17. The van der Waals surface area contributed by atoms with Gasteiger partial charge in [0.1, 0.15) is 5.76 Å². The summed E-state index contributed by atoms with van der Waals surface area (Å²) in [4.78, 5) is 0. The molecule has 0 saturated heterocycles. The van der Waals surface area contributed by atoms with Crippen LogP contribution < -0.4 is 0 Å². The van der Waals surface area contributed by atoms with E-state index in [1.54, 1.807) is 12.1 Å². The Labute approximate surface area is 74.8 Å². The lowest BCUT2D eigenvalue weighted by Crippen LogP contribution is -1.81. The molecular formula is C7H5ClO3S. The van der Waals surface area contributed by atoms with E-state index in [1.807, 2.05) is 5.25 Å². The van der Waals surface area contributed by atoms with E-state index >= 15 is 0 Å². The molecule has 0 saturated carbocycles. The van der Waals surface area contributed by atoms with E-state index in [9.17, 15) is 8.42 Å². The summed E-state index contributed by atoms with van der Waals surface area (Å²) in [5, 5.41) is 1.89. The second kappa shape index (κ2) is 3.65. The molecule has 0 aliphatic rings. The maximum atomic E-state index is 10.3. The molecule has 0 fully saturated rings. The number of hydrogen-bond acceptors (Lipinski definition) is 3. The first-order chi connectivity index (χ1) is 5.58. The largest absolute Gasteiger partial charge is 0.468 e. The van der Waals surface area contributed by atoms with Crippen molar-refractivity contribution in [1.29, 1.82) is 0 Å². The minimum absolute atomic E-state index is 0.249. The number of hydrogen-bond donors (Lipinski definition) is 0. The Morgan fingerprint density at radius 2 is 2.33 bits per heavy atom. The Balaban J connectivity index is 2.61. The van der Waals surface area contributed by atoms with Crippen LogP contribution in [0.2, 0.25) is 0 Å². The molecular weight excluding hydrogens is 200 g/mol. The van der Waals surface area contributed by atoms with Crippen LogP contribution in [0.5, 0.6) is 0 Å². The van der Waals surface area contributed by atoms with Crippen molar-refractivity contribution in [2.45, 2.75) is 6.42 Å². The van der Waals surface area contributed by atoms with Gasteiger partial charge >= 0.3 is 9.05 Å². The molecule has 0 bridgehead atoms. The van der Waals surface area contributed by atoms with E-state index in [-0.39, 0.29) is 6.42 Å². The van der Waals surface area contributed by atoms with Crippen molar-refractivity contribution in [3.8, 4) is 11.2 Å². The molecule has 5 heteroatoms. The van der Waals surface area contributed by atoms with Crippen LogP contribution in [0.15, 0.2) is 22.8 Å². The summed E-state index contributed by atoms with van der Waals surface area (Å²) < 4.78 is 25.5. The van der Waals surface area contributed by atoms with Gasteiger partial charge in [-0.3, -0.25) is 0 Å². The summed E-state index contributed by atoms with van der Waals surface area (Å²) >= 11 is 0. The van der Waals surface area contributed by atoms with Crippen molar-refractivity contribution in [2.24, 2.45) is 0 Å². The van der Waals surface area contributed by atoms with Crippen molar-refractivity contribution in [3.05, 3.63) is 24.2 Å². The maximum absolute atomic E-state index is 10.3. The van der Waals surface area contributed by atoms with Crippen molar-refractivity contribution in [2.75, 3.05) is 0 Å². The van der Waals surface area contributed by atoms with Crippen LogP contribution in [-0.2, 0) is 15.5 Å². The van der Waals surface area contributed by atoms with Crippen molar-refractivity contribution in [3.63, 3.8) is 0 Å². The normalized spacial score (nSPS) is 10.4. The van der Waals surface area contributed by atoms with Crippen molar-refractivity contribution in [1.82, 2.24) is 0 Å². The fourth-order valence-corrected chi connectivity index (χ4v) is 1.03. The number of rotatable bonds is 1. The first kappa shape index (κ1) is 9.17. The van der Waals surface area contributed by atoms with E-state index < -0.39 is 9.05 Å². The van der Waals surface area contributed by atoms with Gasteiger partial charge in [-0.05, 0) is 12.1 Å². The average molecular weight is 205 g/mol. The molecule has 3 nitrogen and oxygen atoms in total. The van der Waals surface area contributed by atoms with E-state index in [0.29, 0.717) is 5.76 Å². The van der Waals surface area contributed by atoms with Crippen molar-refractivity contribution >= 4 is 19.7 Å². The van der Waals surface area contributed by atoms with Gasteiger partial charge in [0.05, 0.1) is 12.7 Å². The molecule has 1 rings (SSSR count). The maximum Gasteiger partial charge on any atom is 0.300 e.